The summed E-state index contributed by atoms with van der Waals surface area (Å²) < 4.78 is 58.8. The van der Waals surface area contributed by atoms with Crippen LogP contribution in [0.2, 0.25) is 0 Å². The number of nitrogens with zero attached hydrogens (tertiary/aromatic N) is 1. The molecular formula is C25H31ClFNO5S. The van der Waals surface area contributed by atoms with Crippen molar-refractivity contribution in [3.63, 3.8) is 0 Å². The van der Waals surface area contributed by atoms with E-state index in [2.05, 4.69) is 6.58 Å². The van der Waals surface area contributed by atoms with E-state index < -0.39 is 10.0 Å². The Kier molecular flexibility index (Phi) is 9.36. The lowest BCUT2D eigenvalue weighted by atomic mass is 9.95. The van der Waals surface area contributed by atoms with Crippen LogP contribution in [0.3, 0.4) is 0 Å². The summed E-state index contributed by atoms with van der Waals surface area (Å²) in [6.45, 7) is 6.68. The van der Waals surface area contributed by atoms with Crippen LogP contribution in [-0.2, 0) is 24.2 Å². The molecule has 3 rings (SSSR count). The van der Waals surface area contributed by atoms with Crippen molar-refractivity contribution in [3.8, 4) is 0 Å². The molecule has 1 fully saturated rings. The van der Waals surface area contributed by atoms with Gasteiger partial charge in [0, 0.05) is 29.6 Å². The van der Waals surface area contributed by atoms with Gasteiger partial charge in [0.25, 0.3) is 0 Å². The Labute approximate surface area is 206 Å². The van der Waals surface area contributed by atoms with Crippen molar-refractivity contribution in [2.75, 3.05) is 40.0 Å². The quantitative estimate of drug-likeness (QED) is 0.312. The Balaban J connectivity index is 1.74. The SMILES string of the molecule is C=C(Cl)C=C(C(=CC)OC)S(=O)(=O)N1CCOC2=CCC(COCC3=CC(F)=CCC3)C=C2C1. The van der Waals surface area contributed by atoms with E-state index in [4.69, 9.17) is 25.8 Å². The highest BCUT2D eigenvalue weighted by Crippen LogP contribution is 2.31. The number of methoxy groups -OCH3 is 1. The molecular weight excluding hydrogens is 481 g/mol. The van der Waals surface area contributed by atoms with Crippen LogP contribution >= 0.6 is 11.6 Å². The third kappa shape index (κ3) is 6.72. The summed E-state index contributed by atoms with van der Waals surface area (Å²) in [6, 6.07) is 0. The minimum atomic E-state index is -3.94. The lowest BCUT2D eigenvalue weighted by Gasteiger charge is -2.24. The molecule has 0 saturated carbocycles. The van der Waals surface area contributed by atoms with Crippen LogP contribution in [0.4, 0.5) is 4.39 Å². The molecule has 1 heterocycles. The van der Waals surface area contributed by atoms with Crippen molar-refractivity contribution in [1.29, 1.82) is 0 Å². The molecule has 1 unspecified atom stereocenters. The van der Waals surface area contributed by atoms with E-state index in [-0.39, 0.29) is 47.1 Å². The van der Waals surface area contributed by atoms with Crippen molar-refractivity contribution < 1.29 is 27.0 Å². The fraction of sp³-hybridized carbons (Fsp3) is 0.440. The maximum Gasteiger partial charge on any atom is 0.247 e. The molecule has 9 heteroatoms. The summed E-state index contributed by atoms with van der Waals surface area (Å²) in [5.41, 5.74) is 1.73. The minimum absolute atomic E-state index is 0.0525. The summed E-state index contributed by atoms with van der Waals surface area (Å²) in [5, 5.41) is 0.0826. The third-order valence-electron chi connectivity index (χ3n) is 5.70. The molecule has 0 aromatic heterocycles. The van der Waals surface area contributed by atoms with Crippen LogP contribution in [0.5, 0.6) is 0 Å². The first-order valence-electron chi connectivity index (χ1n) is 11.2. The van der Waals surface area contributed by atoms with Gasteiger partial charge in [0.15, 0.2) is 0 Å². The summed E-state index contributed by atoms with van der Waals surface area (Å²) in [7, 11) is -2.54. The molecule has 1 aliphatic heterocycles. The van der Waals surface area contributed by atoms with Gasteiger partial charge in [-0.15, -0.1) is 0 Å². The van der Waals surface area contributed by atoms with Gasteiger partial charge in [0.1, 0.15) is 28.9 Å². The number of hydrogen-bond acceptors (Lipinski definition) is 5. The maximum absolute atomic E-state index is 13.5. The van der Waals surface area contributed by atoms with Crippen LogP contribution in [0, 0.1) is 5.92 Å². The fourth-order valence-corrected chi connectivity index (χ4v) is 5.87. The zero-order valence-electron chi connectivity index (χ0n) is 19.6. The highest BCUT2D eigenvalue weighted by Gasteiger charge is 2.33. The second-order valence-electron chi connectivity index (χ2n) is 8.20. The predicted octanol–water partition coefficient (Wildman–Crippen LogP) is 5.26. The fourth-order valence-electron chi connectivity index (χ4n) is 4.05. The van der Waals surface area contributed by atoms with Crippen molar-refractivity contribution in [2.24, 2.45) is 5.92 Å². The third-order valence-corrected chi connectivity index (χ3v) is 7.68. The molecule has 3 aliphatic rings. The molecule has 186 valence electrons. The predicted molar refractivity (Wildman–Crippen MR) is 132 cm³/mol. The number of halogens is 2. The Morgan fingerprint density at radius 1 is 1.41 bits per heavy atom. The van der Waals surface area contributed by atoms with Gasteiger partial charge in [-0.2, -0.15) is 4.31 Å². The summed E-state index contributed by atoms with van der Waals surface area (Å²) in [5.74, 6) is 0.739. The zero-order chi connectivity index (χ0) is 24.7. The number of sulfonamides is 1. The van der Waals surface area contributed by atoms with E-state index in [0.717, 1.165) is 24.0 Å². The first kappa shape index (κ1) is 26.5. The van der Waals surface area contributed by atoms with Crippen LogP contribution < -0.4 is 0 Å². The van der Waals surface area contributed by atoms with Gasteiger partial charge >= 0.3 is 0 Å². The summed E-state index contributed by atoms with van der Waals surface area (Å²) in [4.78, 5) is -0.0525. The van der Waals surface area contributed by atoms with E-state index in [1.54, 1.807) is 19.1 Å². The topological polar surface area (TPSA) is 65.1 Å². The van der Waals surface area contributed by atoms with E-state index in [1.807, 2.05) is 12.2 Å². The zero-order valence-corrected chi connectivity index (χ0v) is 21.1. The van der Waals surface area contributed by atoms with Crippen LogP contribution in [-0.4, -0.2) is 52.7 Å². The van der Waals surface area contributed by atoms with Crippen LogP contribution in [0.15, 0.2) is 81.5 Å². The molecule has 0 amide bonds. The molecule has 0 bridgehead atoms. The van der Waals surface area contributed by atoms with Gasteiger partial charge in [-0.3, -0.25) is 0 Å². The first-order valence-corrected chi connectivity index (χ1v) is 13.0. The van der Waals surface area contributed by atoms with Crippen LogP contribution in [0.25, 0.3) is 0 Å². The number of fused-ring (bicyclic) bond motifs is 1. The van der Waals surface area contributed by atoms with Gasteiger partial charge in [-0.05, 0) is 62.1 Å². The second kappa shape index (κ2) is 12.0. The van der Waals surface area contributed by atoms with E-state index in [1.165, 1.54) is 23.6 Å². The monoisotopic (exact) mass is 511 g/mol. The Hall–Kier alpha value is -2.13. The number of rotatable bonds is 9. The highest BCUT2D eigenvalue weighted by molar-refractivity contribution is 7.93. The average Bonchev–Trinajstić information content (AvgIpc) is 3.02. The summed E-state index contributed by atoms with van der Waals surface area (Å²) in [6.07, 6.45) is 12.2. The molecule has 0 radical (unpaired) electrons. The maximum atomic E-state index is 13.5. The normalized spacial score (nSPS) is 22.4. The molecule has 34 heavy (non-hydrogen) atoms. The molecule has 0 aromatic carbocycles. The van der Waals surface area contributed by atoms with Gasteiger partial charge in [-0.1, -0.05) is 24.3 Å². The highest BCUT2D eigenvalue weighted by atomic mass is 35.5. The molecule has 1 saturated heterocycles. The molecule has 6 nitrogen and oxygen atoms in total. The molecule has 1 atom stereocenters. The smallest absolute Gasteiger partial charge is 0.247 e. The van der Waals surface area contributed by atoms with E-state index >= 15 is 0 Å². The molecule has 0 N–H and O–H groups in total. The average molecular weight is 512 g/mol. The van der Waals surface area contributed by atoms with Crippen molar-refractivity contribution in [1.82, 2.24) is 4.31 Å². The van der Waals surface area contributed by atoms with Gasteiger partial charge in [0.05, 0.1) is 20.3 Å². The Morgan fingerprint density at radius 3 is 2.88 bits per heavy atom. The number of hydrogen-bond donors (Lipinski definition) is 0. The van der Waals surface area contributed by atoms with Gasteiger partial charge in [-0.25, -0.2) is 12.8 Å². The van der Waals surface area contributed by atoms with Gasteiger partial charge in [0.2, 0.25) is 10.0 Å². The van der Waals surface area contributed by atoms with E-state index in [0.29, 0.717) is 25.4 Å². The largest absolute Gasteiger partial charge is 0.496 e. The van der Waals surface area contributed by atoms with Crippen molar-refractivity contribution >= 4 is 21.6 Å². The standard InChI is InChI=1S/C25H31ClFNO5S/c1-4-23(31-3)25(12-18(2)26)34(29,30)28-10-11-33-24-9-8-20(13-21(24)15-28)17-32-16-19-6-5-7-22(27)14-19/h4,7,9,12-14,20H,2,5-6,8,10-11,15-17H2,1,3H3. The molecule has 0 spiro atoms. The number of allylic oxidation sites excluding steroid dienone is 7. The van der Waals surface area contributed by atoms with Crippen molar-refractivity contribution in [2.45, 2.75) is 26.2 Å². The van der Waals surface area contributed by atoms with Gasteiger partial charge < -0.3 is 14.2 Å². The molecule has 2 aliphatic carbocycles. The molecule has 0 aromatic rings. The number of ether oxygens (including phenoxy) is 3. The lowest BCUT2D eigenvalue weighted by Crippen LogP contribution is -2.35. The Bertz CT molecular complexity index is 1080. The summed E-state index contributed by atoms with van der Waals surface area (Å²) >= 11 is 5.93. The lowest BCUT2D eigenvalue weighted by molar-refractivity contribution is 0.129. The van der Waals surface area contributed by atoms with E-state index in [9.17, 15) is 12.8 Å². The minimum Gasteiger partial charge on any atom is -0.496 e. The second-order valence-corrected chi connectivity index (χ2v) is 10.6. The Morgan fingerprint density at radius 2 is 2.21 bits per heavy atom. The first-order chi connectivity index (χ1) is 16.2. The van der Waals surface area contributed by atoms with Crippen molar-refractivity contribution in [3.05, 3.63) is 81.5 Å². The van der Waals surface area contributed by atoms with Crippen LogP contribution in [0.1, 0.15) is 26.2 Å².